The molecule has 0 spiro atoms. The monoisotopic (exact) mass is 523 g/mol. The lowest BCUT2D eigenvalue weighted by Gasteiger charge is -2.32. The number of ketones is 1. The molecule has 0 aliphatic carbocycles. The van der Waals surface area contributed by atoms with Crippen molar-refractivity contribution in [2.75, 3.05) is 26.7 Å². The molecule has 1 unspecified atom stereocenters. The SMILES string of the molecule is CN1CCCC1CCCC(=O)c1cccc(OC2CCN(Cc3ccc4c(c3)c3ccccc3n4C)CC2)c1. The van der Waals surface area contributed by atoms with Crippen LogP contribution in [-0.4, -0.2) is 59.0 Å². The number of likely N-dealkylation sites (tertiary alicyclic amines) is 2. The zero-order chi connectivity index (χ0) is 26.8. The summed E-state index contributed by atoms with van der Waals surface area (Å²) in [7, 11) is 4.35. The molecular formula is C34H41N3O2. The number of hydrogen-bond acceptors (Lipinski definition) is 4. The van der Waals surface area contributed by atoms with Gasteiger partial charge in [0.25, 0.3) is 0 Å². The molecule has 5 heteroatoms. The van der Waals surface area contributed by atoms with Crippen LogP contribution in [0.4, 0.5) is 0 Å². The van der Waals surface area contributed by atoms with E-state index >= 15 is 0 Å². The van der Waals surface area contributed by atoms with Crippen molar-refractivity contribution in [1.82, 2.24) is 14.4 Å². The molecule has 2 aliphatic heterocycles. The minimum absolute atomic E-state index is 0.199. The molecule has 0 saturated carbocycles. The highest BCUT2D eigenvalue weighted by molar-refractivity contribution is 6.08. The third kappa shape index (κ3) is 5.75. The summed E-state index contributed by atoms with van der Waals surface area (Å²) < 4.78 is 8.65. The number of rotatable bonds is 9. The van der Waals surface area contributed by atoms with E-state index in [4.69, 9.17) is 4.74 Å². The van der Waals surface area contributed by atoms with E-state index in [0.29, 0.717) is 12.5 Å². The van der Waals surface area contributed by atoms with Crippen molar-refractivity contribution >= 4 is 27.6 Å². The lowest BCUT2D eigenvalue weighted by molar-refractivity contribution is 0.0949. The summed E-state index contributed by atoms with van der Waals surface area (Å²) in [6, 6.07) is 24.1. The van der Waals surface area contributed by atoms with E-state index in [1.165, 1.54) is 46.8 Å². The molecule has 0 bridgehead atoms. The molecule has 2 fully saturated rings. The first-order chi connectivity index (χ1) is 19.0. The van der Waals surface area contributed by atoms with Gasteiger partial charge >= 0.3 is 0 Å². The number of hydrogen-bond donors (Lipinski definition) is 0. The van der Waals surface area contributed by atoms with Gasteiger partial charge in [-0.3, -0.25) is 9.69 Å². The molecule has 5 nitrogen and oxygen atoms in total. The highest BCUT2D eigenvalue weighted by Gasteiger charge is 2.22. The van der Waals surface area contributed by atoms with Gasteiger partial charge in [0.15, 0.2) is 5.78 Å². The molecule has 3 aromatic carbocycles. The molecular weight excluding hydrogens is 482 g/mol. The fraction of sp³-hybridized carbons (Fsp3) is 0.441. The predicted octanol–water partition coefficient (Wildman–Crippen LogP) is 6.82. The number of ether oxygens (including phenoxy) is 1. The number of aryl methyl sites for hydroxylation is 1. The lowest BCUT2D eigenvalue weighted by Crippen LogP contribution is -2.37. The summed E-state index contributed by atoms with van der Waals surface area (Å²) in [5.74, 6) is 1.07. The number of aromatic nitrogens is 1. The zero-order valence-corrected chi connectivity index (χ0v) is 23.4. The van der Waals surface area contributed by atoms with Gasteiger partial charge in [0.2, 0.25) is 0 Å². The van der Waals surface area contributed by atoms with Crippen LogP contribution in [0.15, 0.2) is 66.7 Å². The Kier molecular flexibility index (Phi) is 7.71. The van der Waals surface area contributed by atoms with Crippen LogP contribution in [0.2, 0.25) is 0 Å². The summed E-state index contributed by atoms with van der Waals surface area (Å²) in [5.41, 5.74) is 4.72. The number of fused-ring (bicyclic) bond motifs is 3. The van der Waals surface area contributed by atoms with Gasteiger partial charge in [-0.2, -0.15) is 0 Å². The van der Waals surface area contributed by atoms with Crippen molar-refractivity contribution in [3.05, 3.63) is 77.9 Å². The van der Waals surface area contributed by atoms with E-state index in [-0.39, 0.29) is 11.9 Å². The van der Waals surface area contributed by atoms with Gasteiger partial charge in [-0.05, 0) is 88.0 Å². The Morgan fingerprint density at radius 1 is 0.872 bits per heavy atom. The second kappa shape index (κ2) is 11.5. The number of piperidine rings is 1. The molecule has 0 N–H and O–H groups in total. The normalized spacial score (nSPS) is 19.3. The average molecular weight is 524 g/mol. The van der Waals surface area contributed by atoms with Crippen LogP contribution in [0, 0.1) is 0 Å². The average Bonchev–Trinajstić information content (AvgIpc) is 3.50. The van der Waals surface area contributed by atoms with Crippen LogP contribution in [0.1, 0.15) is 60.9 Å². The minimum Gasteiger partial charge on any atom is -0.490 e. The summed E-state index contributed by atoms with van der Waals surface area (Å²) in [4.78, 5) is 17.8. The van der Waals surface area contributed by atoms with Crippen LogP contribution >= 0.6 is 0 Å². The van der Waals surface area contributed by atoms with Crippen LogP contribution in [0.5, 0.6) is 5.75 Å². The van der Waals surface area contributed by atoms with E-state index in [9.17, 15) is 4.79 Å². The maximum absolute atomic E-state index is 12.8. The number of Topliss-reactive ketones (excluding diaryl/α,β-unsaturated/α-hetero) is 1. The number of benzene rings is 3. The van der Waals surface area contributed by atoms with Gasteiger partial charge in [-0.15, -0.1) is 0 Å². The van der Waals surface area contributed by atoms with Crippen molar-refractivity contribution < 1.29 is 9.53 Å². The molecule has 39 heavy (non-hydrogen) atoms. The van der Waals surface area contributed by atoms with Gasteiger partial charge in [0.1, 0.15) is 11.9 Å². The summed E-state index contributed by atoms with van der Waals surface area (Å²) >= 11 is 0. The molecule has 0 radical (unpaired) electrons. The maximum atomic E-state index is 12.8. The number of carbonyl (C=O) groups excluding carboxylic acids is 1. The lowest BCUT2D eigenvalue weighted by atomic mass is 10.0. The molecule has 1 atom stereocenters. The van der Waals surface area contributed by atoms with Crippen molar-refractivity contribution in [2.24, 2.45) is 7.05 Å². The molecule has 204 valence electrons. The minimum atomic E-state index is 0.199. The highest BCUT2D eigenvalue weighted by Crippen LogP contribution is 2.30. The molecule has 1 aromatic heterocycles. The van der Waals surface area contributed by atoms with Crippen LogP contribution in [-0.2, 0) is 13.6 Å². The van der Waals surface area contributed by atoms with Gasteiger partial charge in [-0.25, -0.2) is 0 Å². The van der Waals surface area contributed by atoms with E-state index in [2.05, 4.69) is 70.9 Å². The van der Waals surface area contributed by atoms with Crippen molar-refractivity contribution in [3.8, 4) is 5.75 Å². The Morgan fingerprint density at radius 2 is 1.69 bits per heavy atom. The molecule has 6 rings (SSSR count). The summed E-state index contributed by atoms with van der Waals surface area (Å²) in [6.45, 7) is 4.20. The Morgan fingerprint density at radius 3 is 2.51 bits per heavy atom. The number of para-hydroxylation sites is 1. The van der Waals surface area contributed by atoms with E-state index in [1.807, 2.05) is 24.3 Å². The number of carbonyl (C=O) groups is 1. The second-order valence-corrected chi connectivity index (χ2v) is 11.6. The van der Waals surface area contributed by atoms with Crippen molar-refractivity contribution in [1.29, 1.82) is 0 Å². The Labute approximate surface area is 232 Å². The standard InChI is InChI=1S/C34H41N3O2/c1-35-19-7-10-27(35)9-6-14-34(38)26-8-5-11-29(23-26)39-28-17-20-37(21-18-28)24-25-15-16-33-31(22-25)30-12-3-4-13-32(30)36(33)2/h3-5,8,11-13,15-16,22-23,27-28H,6-7,9-10,14,17-21,24H2,1-2H3. The first-order valence-electron chi connectivity index (χ1n) is 14.7. The molecule has 2 saturated heterocycles. The van der Waals surface area contributed by atoms with Crippen LogP contribution in [0.25, 0.3) is 21.8 Å². The van der Waals surface area contributed by atoms with Crippen molar-refractivity contribution in [2.45, 2.75) is 63.6 Å². The second-order valence-electron chi connectivity index (χ2n) is 11.6. The van der Waals surface area contributed by atoms with E-state index in [0.717, 1.165) is 56.6 Å². The van der Waals surface area contributed by atoms with Gasteiger partial charge in [0, 0.05) is 66.5 Å². The summed E-state index contributed by atoms with van der Waals surface area (Å²) in [5, 5.41) is 2.66. The maximum Gasteiger partial charge on any atom is 0.163 e. The Hall–Kier alpha value is -3.15. The molecule has 4 aromatic rings. The van der Waals surface area contributed by atoms with Gasteiger partial charge < -0.3 is 14.2 Å². The van der Waals surface area contributed by atoms with Gasteiger partial charge in [-0.1, -0.05) is 36.4 Å². The smallest absolute Gasteiger partial charge is 0.163 e. The Balaban J connectivity index is 1.01. The van der Waals surface area contributed by atoms with E-state index < -0.39 is 0 Å². The van der Waals surface area contributed by atoms with Gasteiger partial charge in [0.05, 0.1) is 0 Å². The predicted molar refractivity (Wildman–Crippen MR) is 160 cm³/mol. The first kappa shape index (κ1) is 26.1. The summed E-state index contributed by atoms with van der Waals surface area (Å²) in [6.07, 6.45) is 7.47. The third-order valence-electron chi connectivity index (χ3n) is 8.99. The van der Waals surface area contributed by atoms with Crippen LogP contribution < -0.4 is 4.74 Å². The third-order valence-corrected chi connectivity index (χ3v) is 8.99. The first-order valence-corrected chi connectivity index (χ1v) is 14.7. The van der Waals surface area contributed by atoms with Crippen LogP contribution in [0.3, 0.4) is 0 Å². The molecule has 2 aliphatic rings. The van der Waals surface area contributed by atoms with Crippen molar-refractivity contribution in [3.63, 3.8) is 0 Å². The number of nitrogens with zero attached hydrogens (tertiary/aromatic N) is 3. The quantitative estimate of drug-likeness (QED) is 0.226. The molecule has 0 amide bonds. The highest BCUT2D eigenvalue weighted by atomic mass is 16.5. The molecule has 3 heterocycles. The Bertz CT molecular complexity index is 1450. The fourth-order valence-electron chi connectivity index (χ4n) is 6.68. The fourth-order valence-corrected chi connectivity index (χ4v) is 6.68. The largest absolute Gasteiger partial charge is 0.490 e. The topological polar surface area (TPSA) is 37.7 Å². The van der Waals surface area contributed by atoms with E-state index in [1.54, 1.807) is 0 Å². The zero-order valence-electron chi connectivity index (χ0n) is 23.4.